The van der Waals surface area contributed by atoms with Crippen molar-refractivity contribution >= 4 is 33.9 Å². The summed E-state index contributed by atoms with van der Waals surface area (Å²) in [5.41, 5.74) is 3.78. The fourth-order valence-electron chi connectivity index (χ4n) is 7.20. The fourth-order valence-corrected chi connectivity index (χ4v) is 7.20. The molecule has 0 aliphatic carbocycles. The number of fused-ring (bicyclic) bond motifs is 4. The summed E-state index contributed by atoms with van der Waals surface area (Å²) in [6.45, 7) is 12.2. The van der Waals surface area contributed by atoms with Crippen molar-refractivity contribution in [3.8, 4) is 34.5 Å². The van der Waals surface area contributed by atoms with Crippen LogP contribution in [0.1, 0.15) is 69.8 Å². The Labute approximate surface area is 342 Å². The molecule has 1 heterocycles. The Morgan fingerprint density at radius 3 is 1.86 bits per heavy atom. The van der Waals surface area contributed by atoms with E-state index in [4.69, 9.17) is 33.2 Å². The highest BCUT2D eigenvalue weighted by molar-refractivity contribution is 6.11. The van der Waals surface area contributed by atoms with E-state index in [0.717, 1.165) is 63.1 Å². The van der Waals surface area contributed by atoms with E-state index in [1.807, 2.05) is 51.1 Å². The van der Waals surface area contributed by atoms with Crippen molar-refractivity contribution < 1.29 is 42.7 Å². The van der Waals surface area contributed by atoms with Gasteiger partial charge in [0.2, 0.25) is 0 Å². The molecule has 2 atom stereocenters. The first kappa shape index (κ1) is 43.4. The Balaban J connectivity index is 0.000000243. The average Bonchev–Trinajstić information content (AvgIpc) is 3.18. The van der Waals surface area contributed by atoms with Gasteiger partial charge in [0.25, 0.3) is 0 Å². The number of ether oxygens (including phenoxy) is 7. The molecule has 5 aromatic carbocycles. The molecule has 11 heteroatoms. The molecule has 11 nitrogen and oxygen atoms in total. The number of nitrogens with one attached hydrogen (secondary N) is 1. The Morgan fingerprint density at radius 1 is 0.707 bits per heavy atom. The lowest BCUT2D eigenvalue weighted by atomic mass is 9.84. The van der Waals surface area contributed by atoms with Crippen molar-refractivity contribution in [2.45, 2.75) is 77.7 Å². The highest BCUT2D eigenvalue weighted by atomic mass is 16.6. The second kappa shape index (κ2) is 18.3. The summed E-state index contributed by atoms with van der Waals surface area (Å²) in [5.74, 6) is 4.49. The van der Waals surface area contributed by atoms with E-state index in [9.17, 15) is 9.59 Å². The molecule has 0 fully saturated rings. The SMILES string of the molecule is CC(C)(C)OC(=O)NC(C=O)Cc1ccc(OC(C)(C)C)cc1.COc1ccc2cc(C3c4cc(OC)c(OC)cc4CCN3C)c3cc(OC)c(OC)cc3c2c1. The Morgan fingerprint density at radius 2 is 1.29 bits per heavy atom. The molecule has 0 aromatic heterocycles. The van der Waals surface area contributed by atoms with E-state index in [-0.39, 0.29) is 11.6 Å². The summed E-state index contributed by atoms with van der Waals surface area (Å²) in [4.78, 5) is 25.3. The van der Waals surface area contributed by atoms with Gasteiger partial charge in [-0.15, -0.1) is 0 Å². The number of hydrogen-bond donors (Lipinski definition) is 1. The predicted octanol–water partition coefficient (Wildman–Crippen LogP) is 9.11. The topological polar surface area (TPSA) is 114 Å². The molecule has 0 saturated heterocycles. The average molecular weight is 795 g/mol. The summed E-state index contributed by atoms with van der Waals surface area (Å²) >= 11 is 0. The number of carbonyl (C=O) groups is 2. The van der Waals surface area contributed by atoms with E-state index in [1.54, 1.807) is 56.3 Å². The molecular weight excluding hydrogens is 737 g/mol. The van der Waals surface area contributed by atoms with Crippen LogP contribution in [0.15, 0.2) is 72.8 Å². The van der Waals surface area contributed by atoms with Gasteiger partial charge in [0, 0.05) is 6.54 Å². The van der Waals surface area contributed by atoms with Gasteiger partial charge in [-0.05, 0) is 160 Å². The van der Waals surface area contributed by atoms with Gasteiger partial charge in [-0.2, -0.15) is 0 Å². The normalized spacial score (nSPS) is 14.7. The lowest BCUT2D eigenvalue weighted by molar-refractivity contribution is -0.109. The minimum atomic E-state index is -0.626. The second-order valence-corrected chi connectivity index (χ2v) is 16.3. The van der Waals surface area contributed by atoms with E-state index in [1.165, 1.54) is 16.7 Å². The van der Waals surface area contributed by atoms with Crippen LogP contribution in [0.4, 0.5) is 4.79 Å². The van der Waals surface area contributed by atoms with Crippen LogP contribution in [-0.2, 0) is 22.4 Å². The Bertz CT molecular complexity index is 2220. The zero-order chi connectivity index (χ0) is 42.4. The van der Waals surface area contributed by atoms with Crippen molar-refractivity contribution in [2.24, 2.45) is 0 Å². The molecule has 0 saturated carbocycles. The molecule has 1 amide bonds. The van der Waals surface area contributed by atoms with Crippen molar-refractivity contribution in [3.63, 3.8) is 0 Å². The standard InChI is InChI=1S/C29H31NO5.C18H27NO4/c1-30-10-9-18-12-25(32-3)26(33-4)14-21(18)29(30)24-11-17-7-8-19(31-2)13-20(17)22-15-27(34-5)28(35-6)16-23(22)24;1-17(2,3)22-15-9-7-13(8-10-15)11-14(12-20)19-16(21)23-18(4,5)6/h7-8,11-16,29H,9-10H2,1-6H3;7-10,12,14H,11H2,1-6H3,(H,19,21). The van der Waals surface area contributed by atoms with Crippen LogP contribution in [0.2, 0.25) is 0 Å². The number of aldehydes is 1. The maximum absolute atomic E-state index is 11.7. The van der Waals surface area contributed by atoms with E-state index in [0.29, 0.717) is 24.2 Å². The second-order valence-electron chi connectivity index (χ2n) is 16.3. The Kier molecular flexibility index (Phi) is 13.7. The number of nitrogens with zero attached hydrogens (tertiary/aromatic N) is 1. The number of methoxy groups -OCH3 is 5. The van der Waals surface area contributed by atoms with Gasteiger partial charge in [-0.1, -0.05) is 18.2 Å². The van der Waals surface area contributed by atoms with E-state index >= 15 is 0 Å². The third-order valence-electron chi connectivity index (χ3n) is 9.77. The third-order valence-corrected chi connectivity index (χ3v) is 9.77. The van der Waals surface area contributed by atoms with Gasteiger partial charge in [0.05, 0.1) is 47.6 Å². The first-order chi connectivity index (χ1) is 27.5. The van der Waals surface area contributed by atoms with Gasteiger partial charge in [0.1, 0.15) is 29.0 Å². The first-order valence-electron chi connectivity index (χ1n) is 19.4. The molecule has 310 valence electrons. The minimum Gasteiger partial charge on any atom is -0.497 e. The molecular formula is C47H58N2O9. The minimum absolute atomic E-state index is 0.0330. The predicted molar refractivity (Wildman–Crippen MR) is 229 cm³/mol. The summed E-state index contributed by atoms with van der Waals surface area (Å²) < 4.78 is 39.1. The van der Waals surface area contributed by atoms with E-state index in [2.05, 4.69) is 59.7 Å². The van der Waals surface area contributed by atoms with Crippen molar-refractivity contribution in [3.05, 3.63) is 95.1 Å². The highest BCUT2D eigenvalue weighted by Crippen LogP contribution is 2.46. The molecule has 0 spiro atoms. The summed E-state index contributed by atoms with van der Waals surface area (Å²) in [7, 11) is 10.6. The van der Waals surface area contributed by atoms with Crippen LogP contribution in [0.5, 0.6) is 34.5 Å². The molecule has 0 radical (unpaired) electrons. The molecule has 0 bridgehead atoms. The van der Waals surface area contributed by atoms with Crippen LogP contribution in [0.3, 0.4) is 0 Å². The molecule has 1 N–H and O–H groups in total. The van der Waals surface area contributed by atoms with Gasteiger partial charge < -0.3 is 43.3 Å². The van der Waals surface area contributed by atoms with Crippen molar-refractivity contribution in [1.29, 1.82) is 0 Å². The van der Waals surface area contributed by atoms with Crippen molar-refractivity contribution in [1.82, 2.24) is 10.2 Å². The number of alkyl carbamates (subject to hydrolysis) is 1. The molecule has 58 heavy (non-hydrogen) atoms. The molecule has 1 aliphatic rings. The zero-order valence-corrected chi connectivity index (χ0v) is 35.9. The van der Waals surface area contributed by atoms with E-state index < -0.39 is 17.7 Å². The lowest BCUT2D eigenvalue weighted by Crippen LogP contribution is -2.41. The lowest BCUT2D eigenvalue weighted by Gasteiger charge is -2.36. The fraction of sp³-hybridized carbons (Fsp3) is 0.404. The van der Waals surface area contributed by atoms with Crippen molar-refractivity contribution in [2.75, 3.05) is 49.1 Å². The Hall–Kier alpha value is -5.68. The molecule has 5 aromatic rings. The van der Waals surface area contributed by atoms with Gasteiger partial charge in [0.15, 0.2) is 23.0 Å². The maximum Gasteiger partial charge on any atom is 0.408 e. The van der Waals surface area contributed by atoms with Crippen LogP contribution in [0, 0.1) is 0 Å². The van der Waals surface area contributed by atoms with Crippen LogP contribution in [-0.4, -0.2) is 83.7 Å². The highest BCUT2D eigenvalue weighted by Gasteiger charge is 2.30. The summed E-state index contributed by atoms with van der Waals surface area (Å²) in [6, 6.07) is 23.8. The van der Waals surface area contributed by atoms with Gasteiger partial charge in [-0.25, -0.2) is 4.79 Å². The molecule has 6 rings (SSSR count). The number of carbonyl (C=O) groups excluding carboxylic acids is 2. The van der Waals surface area contributed by atoms with Gasteiger partial charge in [-0.3, -0.25) is 4.90 Å². The number of hydrogen-bond acceptors (Lipinski definition) is 10. The largest absolute Gasteiger partial charge is 0.497 e. The molecule has 1 aliphatic heterocycles. The third kappa shape index (κ3) is 10.4. The molecule has 2 unspecified atom stereocenters. The van der Waals surface area contributed by atoms with Gasteiger partial charge >= 0.3 is 6.09 Å². The number of benzene rings is 5. The number of likely N-dealkylation sites (N-methyl/N-ethyl adjacent to an activating group) is 1. The quantitative estimate of drug-likeness (QED) is 0.103. The monoisotopic (exact) mass is 794 g/mol. The maximum atomic E-state index is 11.7. The zero-order valence-electron chi connectivity index (χ0n) is 35.9. The summed E-state index contributed by atoms with van der Waals surface area (Å²) in [6.07, 6.45) is 1.46. The first-order valence-corrected chi connectivity index (χ1v) is 19.4. The number of amides is 1. The summed E-state index contributed by atoms with van der Waals surface area (Å²) in [5, 5.41) is 7.02. The number of rotatable bonds is 11. The smallest absolute Gasteiger partial charge is 0.408 e. The van der Waals surface area contributed by atoms with Crippen LogP contribution in [0.25, 0.3) is 21.5 Å². The van der Waals surface area contributed by atoms with Crippen LogP contribution >= 0.6 is 0 Å². The van der Waals surface area contributed by atoms with Crippen LogP contribution < -0.4 is 33.7 Å².